The van der Waals surface area contributed by atoms with Crippen LogP contribution in [0.25, 0.3) is 11.1 Å². The molecule has 6 nitrogen and oxygen atoms in total. The number of aromatic nitrogens is 2. The molecule has 0 spiro atoms. The van der Waals surface area contributed by atoms with Gasteiger partial charge in [-0.1, -0.05) is 41.9 Å². The lowest BCUT2D eigenvalue weighted by molar-refractivity contribution is -0.134. The van der Waals surface area contributed by atoms with Crippen LogP contribution >= 0.6 is 11.6 Å². The summed E-state index contributed by atoms with van der Waals surface area (Å²) >= 11 is 6.09. The highest BCUT2D eigenvalue weighted by molar-refractivity contribution is 6.30. The maximum absolute atomic E-state index is 12.9. The zero-order valence-electron chi connectivity index (χ0n) is 18.4. The van der Waals surface area contributed by atoms with Crippen LogP contribution in [0.5, 0.6) is 5.75 Å². The van der Waals surface area contributed by atoms with Gasteiger partial charge in [0.15, 0.2) is 6.61 Å². The predicted octanol–water partition coefficient (Wildman–Crippen LogP) is 4.65. The number of amides is 1. The standard InChI is InChI=1S/C25H27ClN4O2/c1-29(2)25-27-15-22(18-10-12-20(26)13-11-18)24(28-25)19-7-6-14-30(16-19)23(31)17-32-21-8-4-3-5-9-21/h3-5,8-13,15,19H,6-7,14,16-17H2,1-2H3. The molecule has 1 aliphatic rings. The van der Waals surface area contributed by atoms with Crippen molar-refractivity contribution in [2.24, 2.45) is 0 Å². The van der Waals surface area contributed by atoms with Crippen LogP contribution in [0, 0.1) is 0 Å². The quantitative estimate of drug-likeness (QED) is 0.547. The van der Waals surface area contributed by atoms with Gasteiger partial charge in [0.2, 0.25) is 5.95 Å². The second-order valence-corrected chi connectivity index (χ2v) is 8.59. The van der Waals surface area contributed by atoms with E-state index in [2.05, 4.69) is 4.98 Å². The Morgan fingerprint density at radius 2 is 1.91 bits per heavy atom. The number of likely N-dealkylation sites (tertiary alicyclic amines) is 1. The van der Waals surface area contributed by atoms with Crippen molar-refractivity contribution in [2.45, 2.75) is 18.8 Å². The summed E-state index contributed by atoms with van der Waals surface area (Å²) in [5.74, 6) is 1.48. The molecule has 4 rings (SSSR count). The summed E-state index contributed by atoms with van der Waals surface area (Å²) in [5.41, 5.74) is 2.96. The third-order valence-corrected chi connectivity index (χ3v) is 5.88. The van der Waals surface area contributed by atoms with Gasteiger partial charge < -0.3 is 14.5 Å². The normalized spacial score (nSPS) is 16.0. The van der Waals surface area contributed by atoms with Crippen molar-refractivity contribution in [3.63, 3.8) is 0 Å². The summed E-state index contributed by atoms with van der Waals surface area (Å²) in [7, 11) is 3.86. The van der Waals surface area contributed by atoms with Gasteiger partial charge in [0, 0.05) is 49.9 Å². The largest absolute Gasteiger partial charge is 0.484 e. The number of piperidine rings is 1. The lowest BCUT2D eigenvalue weighted by Crippen LogP contribution is -2.41. The highest BCUT2D eigenvalue weighted by atomic mass is 35.5. The van der Waals surface area contributed by atoms with E-state index < -0.39 is 0 Å². The molecule has 32 heavy (non-hydrogen) atoms. The van der Waals surface area contributed by atoms with Crippen molar-refractivity contribution >= 4 is 23.5 Å². The van der Waals surface area contributed by atoms with Gasteiger partial charge >= 0.3 is 0 Å². The molecule has 1 aromatic heterocycles. The predicted molar refractivity (Wildman–Crippen MR) is 127 cm³/mol. The van der Waals surface area contributed by atoms with E-state index in [9.17, 15) is 4.79 Å². The van der Waals surface area contributed by atoms with E-state index in [0.29, 0.717) is 23.3 Å². The van der Waals surface area contributed by atoms with E-state index in [1.54, 1.807) is 0 Å². The Morgan fingerprint density at radius 1 is 1.16 bits per heavy atom. The molecule has 3 aromatic rings. The van der Waals surface area contributed by atoms with Crippen molar-refractivity contribution in [3.05, 3.63) is 71.5 Å². The van der Waals surface area contributed by atoms with Gasteiger partial charge in [-0.25, -0.2) is 9.97 Å². The molecule has 7 heteroatoms. The molecule has 2 heterocycles. The SMILES string of the molecule is CN(C)c1ncc(-c2ccc(Cl)cc2)c(C2CCCN(C(=O)COc3ccccc3)C2)n1. The first-order valence-corrected chi connectivity index (χ1v) is 11.1. The van der Waals surface area contributed by atoms with Crippen LogP contribution in [0.2, 0.25) is 5.02 Å². The van der Waals surface area contributed by atoms with E-state index in [4.69, 9.17) is 21.3 Å². The highest BCUT2D eigenvalue weighted by Crippen LogP contribution is 2.34. The van der Waals surface area contributed by atoms with Crippen LogP contribution in [-0.2, 0) is 4.79 Å². The topological polar surface area (TPSA) is 58.6 Å². The lowest BCUT2D eigenvalue weighted by atomic mass is 9.90. The summed E-state index contributed by atoms with van der Waals surface area (Å²) in [4.78, 5) is 26.1. The fourth-order valence-corrected chi connectivity index (χ4v) is 4.07. The molecule has 0 bridgehead atoms. The van der Waals surface area contributed by atoms with E-state index in [0.717, 1.165) is 36.2 Å². The maximum Gasteiger partial charge on any atom is 0.260 e. The van der Waals surface area contributed by atoms with Crippen LogP contribution in [0.1, 0.15) is 24.5 Å². The van der Waals surface area contributed by atoms with Crippen LogP contribution in [0.4, 0.5) is 5.95 Å². The first-order chi connectivity index (χ1) is 15.5. The Bertz CT molecular complexity index is 1060. The molecule has 1 amide bonds. The van der Waals surface area contributed by atoms with Gasteiger partial charge in [-0.15, -0.1) is 0 Å². The van der Waals surface area contributed by atoms with E-state index in [1.807, 2.05) is 84.7 Å². The Hall–Kier alpha value is -3.12. The zero-order valence-corrected chi connectivity index (χ0v) is 19.1. The molecule has 166 valence electrons. The smallest absolute Gasteiger partial charge is 0.260 e. The van der Waals surface area contributed by atoms with Crippen molar-refractivity contribution in [1.29, 1.82) is 0 Å². The van der Waals surface area contributed by atoms with Crippen molar-refractivity contribution in [2.75, 3.05) is 38.7 Å². The minimum atomic E-state index is -0.00603. The minimum Gasteiger partial charge on any atom is -0.484 e. The van der Waals surface area contributed by atoms with Gasteiger partial charge in [-0.05, 0) is 42.7 Å². The number of carbonyl (C=O) groups is 1. The molecule has 1 aliphatic heterocycles. The number of benzene rings is 2. The summed E-state index contributed by atoms with van der Waals surface area (Å²) in [6, 6.07) is 17.1. The number of carbonyl (C=O) groups excluding carboxylic acids is 1. The highest BCUT2D eigenvalue weighted by Gasteiger charge is 2.28. The van der Waals surface area contributed by atoms with Crippen LogP contribution in [0.3, 0.4) is 0 Å². The average Bonchev–Trinajstić information content (AvgIpc) is 2.83. The number of anilines is 1. The van der Waals surface area contributed by atoms with Gasteiger partial charge in [0.25, 0.3) is 5.91 Å². The fraction of sp³-hybridized carbons (Fsp3) is 0.320. The first kappa shape index (κ1) is 22.1. The summed E-state index contributed by atoms with van der Waals surface area (Å²) in [5, 5.41) is 0.689. The summed E-state index contributed by atoms with van der Waals surface area (Å²) in [6.07, 6.45) is 3.76. The van der Waals surface area contributed by atoms with Crippen molar-refractivity contribution in [1.82, 2.24) is 14.9 Å². The Kier molecular flexibility index (Phi) is 6.90. The van der Waals surface area contributed by atoms with Gasteiger partial charge in [-0.3, -0.25) is 4.79 Å². The number of halogens is 1. The number of hydrogen-bond donors (Lipinski definition) is 0. The Labute approximate surface area is 193 Å². The van der Waals surface area contributed by atoms with E-state index in [1.165, 1.54) is 0 Å². The molecule has 0 aliphatic carbocycles. The third kappa shape index (κ3) is 5.19. The first-order valence-electron chi connectivity index (χ1n) is 10.8. The lowest BCUT2D eigenvalue weighted by Gasteiger charge is -2.33. The molecule has 1 unspecified atom stereocenters. The third-order valence-electron chi connectivity index (χ3n) is 5.63. The van der Waals surface area contributed by atoms with Crippen LogP contribution in [0.15, 0.2) is 60.8 Å². The molecule has 1 saturated heterocycles. The number of hydrogen-bond acceptors (Lipinski definition) is 5. The Morgan fingerprint density at radius 3 is 2.62 bits per heavy atom. The van der Waals surface area contributed by atoms with Gasteiger partial charge in [0.05, 0.1) is 5.69 Å². The molecule has 0 radical (unpaired) electrons. The van der Waals surface area contributed by atoms with Gasteiger partial charge in [-0.2, -0.15) is 0 Å². The molecule has 2 aromatic carbocycles. The minimum absolute atomic E-state index is 0.00603. The molecular weight excluding hydrogens is 424 g/mol. The average molecular weight is 451 g/mol. The van der Waals surface area contributed by atoms with Crippen molar-refractivity contribution in [3.8, 4) is 16.9 Å². The van der Waals surface area contributed by atoms with E-state index in [-0.39, 0.29) is 18.4 Å². The number of ether oxygens (including phenoxy) is 1. The summed E-state index contributed by atoms with van der Waals surface area (Å²) < 4.78 is 5.68. The Balaban J connectivity index is 1.55. The van der Waals surface area contributed by atoms with E-state index >= 15 is 0 Å². The summed E-state index contributed by atoms with van der Waals surface area (Å²) in [6.45, 7) is 1.38. The molecule has 0 saturated carbocycles. The van der Waals surface area contributed by atoms with Crippen molar-refractivity contribution < 1.29 is 9.53 Å². The number of nitrogens with zero attached hydrogens (tertiary/aromatic N) is 4. The molecular formula is C25H27ClN4O2. The van der Waals surface area contributed by atoms with Gasteiger partial charge in [0.1, 0.15) is 5.75 Å². The fourth-order valence-electron chi connectivity index (χ4n) is 3.94. The zero-order chi connectivity index (χ0) is 22.5. The molecule has 1 fully saturated rings. The monoisotopic (exact) mass is 450 g/mol. The van der Waals surface area contributed by atoms with Crippen LogP contribution in [-0.4, -0.2) is 54.6 Å². The maximum atomic E-state index is 12.9. The number of para-hydroxylation sites is 1. The number of rotatable bonds is 6. The molecule has 0 N–H and O–H groups in total. The van der Waals surface area contributed by atoms with Crippen LogP contribution < -0.4 is 9.64 Å². The second kappa shape index (κ2) is 10.0. The molecule has 1 atom stereocenters. The second-order valence-electron chi connectivity index (χ2n) is 8.15.